The zero-order valence-electron chi connectivity index (χ0n) is 17.4. The van der Waals surface area contributed by atoms with Crippen LogP contribution >= 0.6 is 0 Å². The van der Waals surface area contributed by atoms with Gasteiger partial charge in [-0.2, -0.15) is 0 Å². The first-order chi connectivity index (χ1) is 12.2. The topological polar surface area (TPSA) is 84.0 Å². The van der Waals surface area contributed by atoms with Crippen LogP contribution in [0.25, 0.3) is 0 Å². The Morgan fingerprint density at radius 2 is 1.81 bits per heavy atom. The van der Waals surface area contributed by atoms with Crippen molar-refractivity contribution in [1.29, 1.82) is 0 Å². The smallest absolute Gasteiger partial charge is 0.408 e. The largest absolute Gasteiger partial charge is 0.444 e. The molecule has 26 heavy (non-hydrogen) atoms. The molecule has 0 aromatic heterocycles. The summed E-state index contributed by atoms with van der Waals surface area (Å²) in [7, 11) is 1.74. The summed E-state index contributed by atoms with van der Waals surface area (Å²) in [5, 5.41) is 9.58. The third kappa shape index (κ3) is 9.27. The fourth-order valence-electron chi connectivity index (χ4n) is 2.49. The highest BCUT2D eigenvalue weighted by atomic mass is 16.6. The van der Waals surface area contributed by atoms with Crippen molar-refractivity contribution in [2.75, 3.05) is 33.4 Å². The van der Waals surface area contributed by atoms with Gasteiger partial charge in [-0.3, -0.25) is 4.99 Å². The predicted octanol–water partition coefficient (Wildman–Crippen LogP) is 2.66. The lowest BCUT2D eigenvalue weighted by molar-refractivity contribution is 0.0448. The van der Waals surface area contributed by atoms with Crippen LogP contribution in [0.3, 0.4) is 0 Å². The molecule has 1 saturated carbocycles. The summed E-state index contributed by atoms with van der Waals surface area (Å²) in [4.78, 5) is 16.4. The minimum atomic E-state index is -0.511. The van der Waals surface area contributed by atoms with E-state index in [0.717, 1.165) is 25.4 Å². The Bertz CT molecular complexity index is 452. The molecule has 1 fully saturated rings. The SMILES string of the molecule is CCC(CC)(CNC(=NC)NCCOCC1CC1)NC(=O)OC(C)(C)C. The van der Waals surface area contributed by atoms with E-state index in [2.05, 4.69) is 34.8 Å². The molecule has 0 unspecified atom stereocenters. The molecule has 0 saturated heterocycles. The second-order valence-electron chi connectivity index (χ2n) is 7.99. The van der Waals surface area contributed by atoms with E-state index in [1.165, 1.54) is 12.8 Å². The molecule has 0 aliphatic heterocycles. The summed E-state index contributed by atoms with van der Waals surface area (Å²) in [6.45, 7) is 12.5. The summed E-state index contributed by atoms with van der Waals surface area (Å²) < 4.78 is 11.0. The van der Waals surface area contributed by atoms with Crippen LogP contribution in [0.4, 0.5) is 4.79 Å². The van der Waals surface area contributed by atoms with Crippen LogP contribution in [0.5, 0.6) is 0 Å². The van der Waals surface area contributed by atoms with Gasteiger partial charge in [0.2, 0.25) is 0 Å². The van der Waals surface area contributed by atoms with Gasteiger partial charge in [-0.1, -0.05) is 13.8 Å². The van der Waals surface area contributed by atoms with E-state index in [1.807, 2.05) is 20.8 Å². The summed E-state index contributed by atoms with van der Waals surface area (Å²) in [6, 6.07) is 0. The van der Waals surface area contributed by atoms with Crippen molar-refractivity contribution in [3.05, 3.63) is 0 Å². The molecule has 0 bridgehead atoms. The van der Waals surface area contributed by atoms with Crippen molar-refractivity contribution >= 4 is 12.1 Å². The summed E-state index contributed by atoms with van der Waals surface area (Å²) >= 11 is 0. The van der Waals surface area contributed by atoms with Crippen LogP contribution in [0.2, 0.25) is 0 Å². The maximum atomic E-state index is 12.2. The molecule has 0 atom stereocenters. The highest BCUT2D eigenvalue weighted by molar-refractivity contribution is 5.79. The molecule has 7 nitrogen and oxygen atoms in total. The van der Waals surface area contributed by atoms with Gasteiger partial charge in [0.15, 0.2) is 5.96 Å². The van der Waals surface area contributed by atoms with Crippen LogP contribution in [0, 0.1) is 5.92 Å². The maximum Gasteiger partial charge on any atom is 0.408 e. The van der Waals surface area contributed by atoms with E-state index in [1.54, 1.807) is 7.05 Å². The van der Waals surface area contributed by atoms with E-state index in [-0.39, 0.29) is 11.6 Å². The number of carbonyl (C=O) groups is 1. The number of guanidine groups is 1. The number of nitrogens with zero attached hydrogens (tertiary/aromatic N) is 1. The van der Waals surface area contributed by atoms with Gasteiger partial charge in [0.25, 0.3) is 0 Å². The van der Waals surface area contributed by atoms with Crippen molar-refractivity contribution in [2.45, 2.75) is 71.4 Å². The van der Waals surface area contributed by atoms with Crippen molar-refractivity contribution in [1.82, 2.24) is 16.0 Å². The number of nitrogens with one attached hydrogen (secondary N) is 3. The van der Waals surface area contributed by atoms with Crippen molar-refractivity contribution < 1.29 is 14.3 Å². The van der Waals surface area contributed by atoms with E-state index in [9.17, 15) is 4.79 Å². The van der Waals surface area contributed by atoms with E-state index < -0.39 is 5.60 Å². The zero-order chi connectivity index (χ0) is 19.6. The normalized spacial score (nSPS) is 15.5. The van der Waals surface area contributed by atoms with Gasteiger partial charge in [-0.05, 0) is 52.4 Å². The third-order valence-electron chi connectivity index (χ3n) is 4.53. The first-order valence-electron chi connectivity index (χ1n) is 9.77. The molecule has 152 valence electrons. The molecule has 0 radical (unpaired) electrons. The number of ether oxygens (including phenoxy) is 2. The number of alkyl carbamates (subject to hydrolysis) is 1. The minimum Gasteiger partial charge on any atom is -0.444 e. The van der Waals surface area contributed by atoms with E-state index >= 15 is 0 Å². The van der Waals surface area contributed by atoms with Crippen LogP contribution in [-0.2, 0) is 9.47 Å². The lowest BCUT2D eigenvalue weighted by Crippen LogP contribution is -2.57. The molecule has 0 aromatic carbocycles. The Hall–Kier alpha value is -1.50. The first kappa shape index (κ1) is 22.5. The number of aliphatic imine (C=N–C) groups is 1. The molecule has 0 spiro atoms. The number of hydrogen-bond donors (Lipinski definition) is 3. The van der Waals surface area contributed by atoms with Crippen molar-refractivity contribution in [3.8, 4) is 0 Å². The van der Waals surface area contributed by atoms with Gasteiger partial charge in [0.1, 0.15) is 5.60 Å². The Balaban J connectivity index is 2.41. The minimum absolute atomic E-state index is 0.386. The average molecular weight is 371 g/mol. The van der Waals surface area contributed by atoms with Gasteiger partial charge in [0.05, 0.1) is 12.1 Å². The van der Waals surface area contributed by atoms with Crippen LogP contribution < -0.4 is 16.0 Å². The number of carbonyl (C=O) groups excluding carboxylic acids is 1. The fourth-order valence-corrected chi connectivity index (χ4v) is 2.49. The molecular formula is C19H38N4O3. The van der Waals surface area contributed by atoms with Crippen molar-refractivity contribution in [2.24, 2.45) is 10.9 Å². The van der Waals surface area contributed by atoms with Gasteiger partial charge >= 0.3 is 6.09 Å². The lowest BCUT2D eigenvalue weighted by Gasteiger charge is -2.34. The second kappa shape index (κ2) is 10.6. The molecule has 1 amide bonds. The summed E-state index contributed by atoms with van der Waals surface area (Å²) in [5.74, 6) is 1.48. The molecule has 7 heteroatoms. The summed E-state index contributed by atoms with van der Waals surface area (Å²) in [6.07, 6.45) is 3.79. The second-order valence-corrected chi connectivity index (χ2v) is 7.99. The molecule has 1 rings (SSSR count). The van der Waals surface area contributed by atoms with Gasteiger partial charge in [-0.15, -0.1) is 0 Å². The molecule has 3 N–H and O–H groups in total. The number of hydrogen-bond acceptors (Lipinski definition) is 4. The molecule has 0 heterocycles. The molecular weight excluding hydrogens is 332 g/mol. The van der Waals surface area contributed by atoms with Crippen molar-refractivity contribution in [3.63, 3.8) is 0 Å². The molecule has 0 aromatic rings. The van der Waals surface area contributed by atoms with Gasteiger partial charge < -0.3 is 25.4 Å². The molecule has 1 aliphatic carbocycles. The Morgan fingerprint density at radius 3 is 2.31 bits per heavy atom. The number of amides is 1. The van der Waals surface area contributed by atoms with Crippen LogP contribution in [0.1, 0.15) is 60.3 Å². The molecule has 1 aliphatic rings. The third-order valence-corrected chi connectivity index (χ3v) is 4.53. The summed E-state index contributed by atoms with van der Waals surface area (Å²) in [5.41, 5.74) is -0.898. The standard InChI is InChI=1S/C19H38N4O3/c1-7-19(8-2,23-17(24)26-18(3,4)5)14-22-16(20-6)21-11-12-25-13-15-9-10-15/h15H,7-14H2,1-6H3,(H,23,24)(H2,20,21,22). The van der Waals surface area contributed by atoms with Gasteiger partial charge in [-0.25, -0.2) is 4.79 Å². The highest BCUT2D eigenvalue weighted by Crippen LogP contribution is 2.28. The Morgan fingerprint density at radius 1 is 1.15 bits per heavy atom. The highest BCUT2D eigenvalue weighted by Gasteiger charge is 2.30. The first-order valence-corrected chi connectivity index (χ1v) is 9.77. The van der Waals surface area contributed by atoms with Crippen LogP contribution in [0.15, 0.2) is 4.99 Å². The maximum absolute atomic E-state index is 12.2. The van der Waals surface area contributed by atoms with Crippen LogP contribution in [-0.4, -0.2) is 56.5 Å². The van der Waals surface area contributed by atoms with E-state index in [4.69, 9.17) is 9.47 Å². The Labute approximate surface area is 158 Å². The monoisotopic (exact) mass is 370 g/mol. The average Bonchev–Trinajstić information content (AvgIpc) is 3.38. The number of rotatable bonds is 10. The zero-order valence-corrected chi connectivity index (χ0v) is 17.4. The van der Waals surface area contributed by atoms with Gasteiger partial charge in [0, 0.05) is 26.7 Å². The Kier molecular flexibility index (Phi) is 9.19. The quantitative estimate of drug-likeness (QED) is 0.313. The lowest BCUT2D eigenvalue weighted by atomic mass is 9.93. The predicted molar refractivity (Wildman–Crippen MR) is 106 cm³/mol. The van der Waals surface area contributed by atoms with E-state index in [0.29, 0.717) is 25.7 Å². The fraction of sp³-hybridized carbons (Fsp3) is 0.895.